The van der Waals surface area contributed by atoms with Crippen molar-refractivity contribution in [3.05, 3.63) is 74.5 Å². The van der Waals surface area contributed by atoms with Crippen LogP contribution in [0.5, 0.6) is 0 Å². The Morgan fingerprint density at radius 2 is 1.91 bits per heavy atom. The molecule has 1 N–H and O–H groups in total. The molecule has 0 aliphatic heterocycles. The van der Waals surface area contributed by atoms with Gasteiger partial charge < -0.3 is 4.57 Å². The van der Waals surface area contributed by atoms with Gasteiger partial charge >= 0.3 is 0 Å². The third kappa shape index (κ3) is 2.51. The first-order valence-electron chi connectivity index (χ1n) is 6.53. The highest BCUT2D eigenvalue weighted by molar-refractivity contribution is 6.32. The van der Waals surface area contributed by atoms with E-state index in [9.17, 15) is 4.79 Å². The van der Waals surface area contributed by atoms with E-state index in [0.29, 0.717) is 26.5 Å². The van der Waals surface area contributed by atoms with Crippen LogP contribution < -0.4 is 5.43 Å². The lowest BCUT2D eigenvalue weighted by Gasteiger charge is -2.14. The first-order chi connectivity index (χ1) is 10.6. The predicted molar refractivity (Wildman–Crippen MR) is 88.4 cm³/mol. The molecule has 110 valence electrons. The van der Waals surface area contributed by atoms with Gasteiger partial charge in [0.25, 0.3) is 0 Å². The van der Waals surface area contributed by atoms with E-state index >= 15 is 0 Å². The molecule has 0 aliphatic rings. The number of pyridine rings is 1. The first kappa shape index (κ1) is 14.8. The zero-order chi connectivity index (χ0) is 15.7. The third-order valence-corrected chi connectivity index (χ3v) is 3.96. The molecule has 0 unspecified atom stereocenters. The van der Waals surface area contributed by atoms with E-state index in [-0.39, 0.29) is 12.0 Å². The Balaban J connectivity index is 2.44. The number of halogens is 2. The molecule has 4 nitrogen and oxygen atoms in total. The summed E-state index contributed by atoms with van der Waals surface area (Å²) in [5.74, 6) is 0. The van der Waals surface area contributed by atoms with Crippen LogP contribution in [0, 0.1) is 5.53 Å². The van der Waals surface area contributed by atoms with Crippen molar-refractivity contribution >= 4 is 34.1 Å². The summed E-state index contributed by atoms with van der Waals surface area (Å²) in [6.07, 6.45) is 1.67. The summed E-state index contributed by atoms with van der Waals surface area (Å²) in [5, 5.41) is 4.93. The number of benzene rings is 2. The average molecular weight is 332 g/mol. The lowest BCUT2D eigenvalue weighted by molar-refractivity contribution is 0.887. The third-order valence-electron chi connectivity index (χ3n) is 3.40. The highest BCUT2D eigenvalue weighted by atomic mass is 35.5. The smallest absolute Gasteiger partial charge is 0.194 e. The lowest BCUT2D eigenvalue weighted by atomic mass is 10.1. The van der Waals surface area contributed by atoms with E-state index in [1.807, 2.05) is 22.8 Å². The van der Waals surface area contributed by atoms with Gasteiger partial charge in [0.1, 0.15) is 0 Å². The molecule has 0 atom stereocenters. The maximum absolute atomic E-state index is 12.5. The summed E-state index contributed by atoms with van der Waals surface area (Å²) >= 11 is 12.4. The van der Waals surface area contributed by atoms with Crippen molar-refractivity contribution in [3.63, 3.8) is 0 Å². The second kappa shape index (κ2) is 5.91. The Hall–Kier alpha value is -2.17. The van der Waals surface area contributed by atoms with Crippen molar-refractivity contribution in [1.29, 1.82) is 5.53 Å². The number of rotatable bonds is 3. The fraction of sp³-hybridized carbons (Fsp3) is 0.0625. The minimum Gasteiger partial charge on any atom is -0.314 e. The van der Waals surface area contributed by atoms with E-state index in [2.05, 4.69) is 5.11 Å². The Morgan fingerprint density at radius 3 is 2.64 bits per heavy atom. The fourth-order valence-corrected chi connectivity index (χ4v) is 2.79. The van der Waals surface area contributed by atoms with Gasteiger partial charge in [-0.25, -0.2) is 5.53 Å². The molecule has 0 bridgehead atoms. The largest absolute Gasteiger partial charge is 0.314 e. The van der Waals surface area contributed by atoms with Crippen LogP contribution in [0.15, 0.2) is 58.6 Å². The standard InChI is InChI=1S/C16H11Cl2N3O/c17-11-5-6-12-15(7-11)21(9-10(8-20-19)16(12)22)14-4-2-1-3-13(14)18/h1-7,9,19H,8H2. The molecule has 2 aromatic carbocycles. The van der Waals surface area contributed by atoms with Gasteiger partial charge in [0.2, 0.25) is 0 Å². The summed E-state index contributed by atoms with van der Waals surface area (Å²) in [6, 6.07) is 12.4. The van der Waals surface area contributed by atoms with Crippen molar-refractivity contribution < 1.29 is 0 Å². The molecule has 0 spiro atoms. The molecule has 3 rings (SSSR count). The van der Waals surface area contributed by atoms with Crippen molar-refractivity contribution in [2.24, 2.45) is 5.11 Å². The molecule has 0 amide bonds. The maximum atomic E-state index is 12.5. The summed E-state index contributed by atoms with van der Waals surface area (Å²) in [5.41, 5.74) is 8.72. The highest BCUT2D eigenvalue weighted by Gasteiger charge is 2.12. The van der Waals surface area contributed by atoms with E-state index < -0.39 is 0 Å². The molecule has 0 saturated heterocycles. The number of aromatic nitrogens is 1. The summed E-state index contributed by atoms with van der Waals surface area (Å²) < 4.78 is 1.81. The monoisotopic (exact) mass is 331 g/mol. The molecule has 0 aliphatic carbocycles. The minimum atomic E-state index is -0.147. The van der Waals surface area contributed by atoms with Crippen LogP contribution in [-0.2, 0) is 6.54 Å². The SMILES string of the molecule is N=NCc1cn(-c2ccccc2Cl)c2cc(Cl)ccc2c1=O. The van der Waals surface area contributed by atoms with Gasteiger partial charge in [0.15, 0.2) is 5.43 Å². The van der Waals surface area contributed by atoms with Crippen molar-refractivity contribution in [2.45, 2.75) is 6.54 Å². The van der Waals surface area contributed by atoms with E-state index in [1.165, 1.54) is 0 Å². The molecule has 0 fully saturated rings. The Kier molecular flexibility index (Phi) is 3.96. The van der Waals surface area contributed by atoms with Crippen LogP contribution in [0.3, 0.4) is 0 Å². The maximum Gasteiger partial charge on any atom is 0.194 e. The molecule has 1 heterocycles. The summed E-state index contributed by atoms with van der Waals surface area (Å²) in [6.45, 7) is 0.0296. The van der Waals surface area contributed by atoms with Gasteiger partial charge in [0.05, 0.1) is 22.8 Å². The quantitative estimate of drug-likeness (QED) is 0.686. The number of para-hydroxylation sites is 1. The first-order valence-corrected chi connectivity index (χ1v) is 7.29. The molecular formula is C16H11Cl2N3O. The number of nitrogens with one attached hydrogen (secondary N) is 1. The Bertz CT molecular complexity index is 934. The lowest BCUT2D eigenvalue weighted by Crippen LogP contribution is -2.13. The van der Waals surface area contributed by atoms with Crippen LogP contribution in [0.25, 0.3) is 16.6 Å². The molecule has 22 heavy (non-hydrogen) atoms. The van der Waals surface area contributed by atoms with Crippen LogP contribution in [0.1, 0.15) is 5.56 Å². The second-order valence-electron chi connectivity index (χ2n) is 4.78. The van der Waals surface area contributed by atoms with Gasteiger partial charge in [0, 0.05) is 22.2 Å². The number of nitrogens with zero attached hydrogens (tertiary/aromatic N) is 2. The van der Waals surface area contributed by atoms with Gasteiger partial charge in [-0.15, -0.1) is 0 Å². The van der Waals surface area contributed by atoms with Gasteiger partial charge in [-0.1, -0.05) is 35.3 Å². The zero-order valence-electron chi connectivity index (χ0n) is 11.4. The molecule has 6 heteroatoms. The molecule has 1 aromatic heterocycles. The van der Waals surface area contributed by atoms with Gasteiger partial charge in [-0.3, -0.25) is 4.79 Å². The zero-order valence-corrected chi connectivity index (χ0v) is 12.9. The summed E-state index contributed by atoms with van der Waals surface area (Å²) in [7, 11) is 0. The normalized spacial score (nSPS) is 10.8. The van der Waals surface area contributed by atoms with Crippen LogP contribution in [0.4, 0.5) is 0 Å². The van der Waals surface area contributed by atoms with Crippen LogP contribution >= 0.6 is 23.2 Å². The predicted octanol–water partition coefficient (Wildman–Crippen LogP) is 4.83. The topological polar surface area (TPSA) is 58.2 Å². The minimum absolute atomic E-state index is 0.0296. The Morgan fingerprint density at radius 1 is 1.14 bits per heavy atom. The number of hydrogen-bond donors (Lipinski definition) is 1. The summed E-state index contributed by atoms with van der Waals surface area (Å²) in [4.78, 5) is 12.5. The molecule has 3 aromatic rings. The van der Waals surface area contributed by atoms with E-state index in [4.69, 9.17) is 28.7 Å². The molecule has 0 radical (unpaired) electrons. The van der Waals surface area contributed by atoms with Crippen molar-refractivity contribution in [1.82, 2.24) is 4.57 Å². The van der Waals surface area contributed by atoms with Crippen molar-refractivity contribution in [3.8, 4) is 5.69 Å². The van der Waals surface area contributed by atoms with Gasteiger partial charge in [-0.05, 0) is 30.3 Å². The van der Waals surface area contributed by atoms with E-state index in [0.717, 1.165) is 5.69 Å². The second-order valence-corrected chi connectivity index (χ2v) is 5.63. The van der Waals surface area contributed by atoms with Crippen LogP contribution in [-0.4, -0.2) is 4.57 Å². The van der Waals surface area contributed by atoms with Crippen LogP contribution in [0.2, 0.25) is 10.0 Å². The van der Waals surface area contributed by atoms with E-state index in [1.54, 1.807) is 30.5 Å². The fourth-order valence-electron chi connectivity index (χ4n) is 2.40. The number of hydrogen-bond acceptors (Lipinski definition) is 3. The molecular weight excluding hydrogens is 321 g/mol. The number of fused-ring (bicyclic) bond motifs is 1. The molecule has 0 saturated carbocycles. The Labute approximate surface area is 136 Å². The van der Waals surface area contributed by atoms with Gasteiger partial charge in [-0.2, -0.15) is 5.11 Å². The highest BCUT2D eigenvalue weighted by Crippen LogP contribution is 2.26. The van der Waals surface area contributed by atoms with Crippen molar-refractivity contribution in [2.75, 3.05) is 0 Å². The average Bonchev–Trinajstić information content (AvgIpc) is 2.51.